The summed E-state index contributed by atoms with van der Waals surface area (Å²) < 4.78 is 0. The number of nitrogens with one attached hydrogen (secondary N) is 2. The Hall–Kier alpha value is -2.17. The molecule has 106 valence electrons. The molecular weight excluding hydrogens is 252 g/mol. The third-order valence-corrected chi connectivity index (χ3v) is 3.28. The van der Waals surface area contributed by atoms with Crippen LogP contribution < -0.4 is 5.32 Å². The van der Waals surface area contributed by atoms with E-state index in [1.807, 2.05) is 37.3 Å². The fourth-order valence-corrected chi connectivity index (χ4v) is 2.20. The van der Waals surface area contributed by atoms with Crippen molar-refractivity contribution in [1.29, 1.82) is 0 Å². The molecule has 1 atom stereocenters. The van der Waals surface area contributed by atoms with Crippen LogP contribution in [0, 0.1) is 0 Å². The molecule has 0 fully saturated rings. The van der Waals surface area contributed by atoms with E-state index in [9.17, 15) is 4.79 Å². The van der Waals surface area contributed by atoms with Gasteiger partial charge in [0.15, 0.2) is 0 Å². The molecule has 20 heavy (non-hydrogen) atoms. The summed E-state index contributed by atoms with van der Waals surface area (Å²) in [6.07, 6.45) is 3.95. The molecule has 2 N–H and O–H groups in total. The largest absolute Gasteiger partial charge is 0.356 e. The highest BCUT2D eigenvalue weighted by Crippen LogP contribution is 2.19. The fourth-order valence-electron chi connectivity index (χ4n) is 2.20. The van der Waals surface area contributed by atoms with E-state index in [4.69, 9.17) is 0 Å². The van der Waals surface area contributed by atoms with E-state index in [0.717, 1.165) is 30.7 Å². The van der Waals surface area contributed by atoms with E-state index in [1.54, 1.807) is 0 Å². The molecule has 2 rings (SSSR count). The van der Waals surface area contributed by atoms with Gasteiger partial charge in [0.2, 0.25) is 5.91 Å². The second-order valence-electron chi connectivity index (χ2n) is 4.70. The van der Waals surface area contributed by atoms with Crippen molar-refractivity contribution >= 4 is 5.91 Å². The topological polar surface area (TPSA) is 70.7 Å². The molecule has 1 unspecified atom stereocenters. The predicted octanol–water partition coefficient (Wildman–Crippen LogP) is 2.05. The average molecular weight is 272 g/mol. The van der Waals surface area contributed by atoms with Crippen molar-refractivity contribution in [1.82, 2.24) is 20.5 Å². The zero-order chi connectivity index (χ0) is 14.2. The molecule has 1 aromatic heterocycles. The first-order chi connectivity index (χ1) is 9.81. The van der Waals surface area contributed by atoms with Crippen LogP contribution in [0.15, 0.2) is 36.7 Å². The molecule has 0 bridgehead atoms. The van der Waals surface area contributed by atoms with Gasteiger partial charge in [0.1, 0.15) is 12.2 Å². The highest BCUT2D eigenvalue weighted by atomic mass is 16.1. The standard InChI is InChI=1S/C15H20N4O/c1-2-13(12-7-4-3-5-8-12)15(20)16-10-6-9-14-17-11-18-19-14/h3-5,7-8,11,13H,2,6,9-10H2,1H3,(H,16,20)(H,17,18,19). The first-order valence-electron chi connectivity index (χ1n) is 6.98. The van der Waals surface area contributed by atoms with Crippen LogP contribution in [0.25, 0.3) is 0 Å². The van der Waals surface area contributed by atoms with E-state index < -0.39 is 0 Å². The van der Waals surface area contributed by atoms with Gasteiger partial charge in [0, 0.05) is 13.0 Å². The summed E-state index contributed by atoms with van der Waals surface area (Å²) in [5, 5.41) is 9.60. The lowest BCUT2D eigenvalue weighted by Crippen LogP contribution is -2.30. The lowest BCUT2D eigenvalue weighted by molar-refractivity contribution is -0.122. The zero-order valence-corrected chi connectivity index (χ0v) is 11.7. The Labute approximate surface area is 118 Å². The number of aromatic nitrogens is 3. The highest BCUT2D eigenvalue weighted by Gasteiger charge is 2.17. The van der Waals surface area contributed by atoms with Crippen LogP contribution in [0.1, 0.15) is 37.1 Å². The minimum Gasteiger partial charge on any atom is -0.356 e. The molecule has 0 spiro atoms. The molecule has 0 aliphatic heterocycles. The van der Waals surface area contributed by atoms with Crippen LogP contribution in [-0.4, -0.2) is 27.6 Å². The highest BCUT2D eigenvalue weighted by molar-refractivity contribution is 5.83. The maximum Gasteiger partial charge on any atom is 0.227 e. The quantitative estimate of drug-likeness (QED) is 0.758. The number of aromatic amines is 1. The lowest BCUT2D eigenvalue weighted by atomic mass is 9.95. The van der Waals surface area contributed by atoms with Gasteiger partial charge in [-0.2, -0.15) is 5.10 Å². The third kappa shape index (κ3) is 3.91. The van der Waals surface area contributed by atoms with E-state index in [1.165, 1.54) is 6.33 Å². The van der Waals surface area contributed by atoms with E-state index in [0.29, 0.717) is 6.54 Å². The minimum absolute atomic E-state index is 0.0681. The number of hydrogen-bond donors (Lipinski definition) is 2. The molecule has 0 radical (unpaired) electrons. The molecule has 5 nitrogen and oxygen atoms in total. The molecule has 5 heteroatoms. The zero-order valence-electron chi connectivity index (χ0n) is 11.7. The number of amides is 1. The maximum atomic E-state index is 12.2. The predicted molar refractivity (Wildman–Crippen MR) is 77.2 cm³/mol. The average Bonchev–Trinajstić information content (AvgIpc) is 2.99. The summed E-state index contributed by atoms with van der Waals surface area (Å²) in [6.45, 7) is 2.69. The van der Waals surface area contributed by atoms with Gasteiger partial charge in [0.05, 0.1) is 5.92 Å². The molecular formula is C15H20N4O. The SMILES string of the molecule is CCC(C(=O)NCCCc1ncn[nH]1)c1ccccc1. The van der Waals surface area contributed by atoms with Crippen molar-refractivity contribution in [3.05, 3.63) is 48.0 Å². The molecule has 0 saturated carbocycles. The Morgan fingerprint density at radius 3 is 2.80 bits per heavy atom. The number of carbonyl (C=O) groups is 1. The van der Waals surface area contributed by atoms with E-state index in [-0.39, 0.29) is 11.8 Å². The van der Waals surface area contributed by atoms with Crippen molar-refractivity contribution in [2.75, 3.05) is 6.54 Å². The Morgan fingerprint density at radius 1 is 1.35 bits per heavy atom. The second-order valence-corrected chi connectivity index (χ2v) is 4.70. The number of rotatable bonds is 7. The molecule has 1 aromatic carbocycles. The van der Waals surface area contributed by atoms with E-state index in [2.05, 4.69) is 20.5 Å². The van der Waals surface area contributed by atoms with Crippen LogP contribution in [0.3, 0.4) is 0 Å². The summed E-state index contributed by atoms with van der Waals surface area (Å²) >= 11 is 0. The number of carbonyl (C=O) groups excluding carboxylic acids is 1. The summed E-state index contributed by atoms with van der Waals surface area (Å²) in [6, 6.07) is 9.90. The third-order valence-electron chi connectivity index (χ3n) is 3.28. The Morgan fingerprint density at radius 2 is 2.15 bits per heavy atom. The maximum absolute atomic E-state index is 12.2. The van der Waals surface area contributed by atoms with Crippen LogP contribution in [-0.2, 0) is 11.2 Å². The first kappa shape index (κ1) is 14.2. The molecule has 1 heterocycles. The molecule has 0 aliphatic carbocycles. The normalized spacial score (nSPS) is 12.1. The van der Waals surface area contributed by atoms with Crippen molar-refractivity contribution in [3.8, 4) is 0 Å². The van der Waals surface area contributed by atoms with Crippen LogP contribution in [0.4, 0.5) is 0 Å². The monoisotopic (exact) mass is 272 g/mol. The van der Waals surface area contributed by atoms with Gasteiger partial charge in [-0.05, 0) is 18.4 Å². The second kappa shape index (κ2) is 7.43. The van der Waals surface area contributed by atoms with Crippen LogP contribution in [0.2, 0.25) is 0 Å². The Bertz CT molecular complexity index is 510. The van der Waals surface area contributed by atoms with Gasteiger partial charge >= 0.3 is 0 Å². The lowest BCUT2D eigenvalue weighted by Gasteiger charge is -2.15. The van der Waals surface area contributed by atoms with Crippen LogP contribution in [0.5, 0.6) is 0 Å². The molecule has 1 amide bonds. The fraction of sp³-hybridized carbons (Fsp3) is 0.400. The number of nitrogens with zero attached hydrogens (tertiary/aromatic N) is 2. The Balaban J connectivity index is 1.78. The minimum atomic E-state index is -0.0681. The van der Waals surface area contributed by atoms with Gasteiger partial charge in [-0.15, -0.1) is 0 Å². The smallest absolute Gasteiger partial charge is 0.227 e. The van der Waals surface area contributed by atoms with Crippen molar-refractivity contribution in [3.63, 3.8) is 0 Å². The number of aryl methyl sites for hydroxylation is 1. The van der Waals surface area contributed by atoms with Gasteiger partial charge < -0.3 is 5.32 Å². The van der Waals surface area contributed by atoms with Gasteiger partial charge in [0.25, 0.3) is 0 Å². The summed E-state index contributed by atoms with van der Waals surface area (Å²) in [4.78, 5) is 16.2. The first-order valence-corrected chi connectivity index (χ1v) is 6.98. The Kier molecular flexibility index (Phi) is 5.29. The molecule has 0 aliphatic rings. The van der Waals surface area contributed by atoms with Gasteiger partial charge in [-0.3, -0.25) is 9.89 Å². The summed E-state index contributed by atoms with van der Waals surface area (Å²) in [7, 11) is 0. The molecule has 2 aromatic rings. The van der Waals surface area contributed by atoms with Gasteiger partial charge in [-0.1, -0.05) is 37.3 Å². The van der Waals surface area contributed by atoms with Crippen LogP contribution >= 0.6 is 0 Å². The van der Waals surface area contributed by atoms with Crippen molar-refractivity contribution in [2.45, 2.75) is 32.1 Å². The van der Waals surface area contributed by atoms with Crippen molar-refractivity contribution in [2.24, 2.45) is 0 Å². The molecule has 0 saturated heterocycles. The van der Waals surface area contributed by atoms with E-state index >= 15 is 0 Å². The number of H-pyrrole nitrogens is 1. The summed E-state index contributed by atoms with van der Waals surface area (Å²) in [5.41, 5.74) is 1.07. The number of benzene rings is 1. The van der Waals surface area contributed by atoms with Gasteiger partial charge in [-0.25, -0.2) is 4.98 Å². The number of hydrogen-bond acceptors (Lipinski definition) is 3. The van der Waals surface area contributed by atoms with Crippen molar-refractivity contribution < 1.29 is 4.79 Å². The summed E-state index contributed by atoms with van der Waals surface area (Å²) in [5.74, 6) is 0.882.